The maximum Gasteiger partial charge on any atom is 0.339 e. The Labute approximate surface area is 322 Å². The van der Waals surface area contributed by atoms with Crippen molar-refractivity contribution < 1.29 is 56.0 Å². The van der Waals surface area contributed by atoms with Crippen LogP contribution in [0.3, 0.4) is 0 Å². The average Bonchev–Trinajstić information content (AvgIpc) is 3.23. The molecule has 13 nitrogen and oxygen atoms in total. The number of sulfonamides is 1. The number of carbonyl (C=O) groups excluding carboxylic acids is 4. The molecule has 1 heterocycles. The summed E-state index contributed by atoms with van der Waals surface area (Å²) >= 11 is 0. The van der Waals surface area contributed by atoms with E-state index in [0.717, 1.165) is 12.7 Å². The molecule has 1 aliphatic rings. The van der Waals surface area contributed by atoms with Crippen LogP contribution < -0.4 is 0 Å². The summed E-state index contributed by atoms with van der Waals surface area (Å²) in [5.74, 6) is -4.49. The standard InChI is InChI=1S/C42H35NO12S/c1-27-23-25-32(26-24-27)56(48,49)43-37(28-15-7-3-8-16-28)55-42-36(53-40(46)31-21-13-6-14-22-31)34(52-39(45)30-19-11-5-12-20-30)33(35(54-42)41(47)50-2)51-38(44)29-17-9-4-10-18-29/h3-26,33-36,42H,1-2H3/b43-37-/t33-,34?,35?,36?,42+/m0/s1. The normalized spacial score (nSPS) is 19.5. The third-order valence-corrected chi connectivity index (χ3v) is 9.73. The molecule has 3 unspecified atom stereocenters. The third-order valence-electron chi connectivity index (χ3n) is 8.46. The molecule has 0 aromatic heterocycles. The summed E-state index contributed by atoms with van der Waals surface area (Å²) in [4.78, 5) is 54.5. The van der Waals surface area contributed by atoms with Gasteiger partial charge in [0.25, 0.3) is 10.0 Å². The smallest absolute Gasteiger partial charge is 0.339 e. The van der Waals surface area contributed by atoms with E-state index in [1.807, 2.05) is 0 Å². The second-order valence-electron chi connectivity index (χ2n) is 12.3. The van der Waals surface area contributed by atoms with Crippen LogP contribution in [0.15, 0.2) is 155 Å². The van der Waals surface area contributed by atoms with Gasteiger partial charge < -0.3 is 28.4 Å². The molecular formula is C42H35NO12S. The zero-order valence-electron chi connectivity index (χ0n) is 30.0. The Morgan fingerprint density at radius 1 is 0.536 bits per heavy atom. The van der Waals surface area contributed by atoms with Crippen molar-refractivity contribution in [3.8, 4) is 0 Å². The second kappa shape index (κ2) is 17.7. The highest BCUT2D eigenvalue weighted by molar-refractivity contribution is 7.90. The van der Waals surface area contributed by atoms with Crippen LogP contribution in [0.1, 0.15) is 42.2 Å². The summed E-state index contributed by atoms with van der Waals surface area (Å²) in [6.07, 6.45) is -9.33. The van der Waals surface area contributed by atoms with Crippen molar-refractivity contribution in [2.45, 2.75) is 42.5 Å². The highest BCUT2D eigenvalue weighted by Gasteiger charge is 2.57. The number of carbonyl (C=O) groups is 4. The molecule has 0 spiro atoms. The maximum absolute atomic E-state index is 13.8. The highest BCUT2D eigenvalue weighted by atomic mass is 32.2. The number of nitrogens with zero attached hydrogens (tertiary/aromatic N) is 1. The van der Waals surface area contributed by atoms with Crippen LogP contribution >= 0.6 is 0 Å². The van der Waals surface area contributed by atoms with E-state index in [1.54, 1.807) is 91.9 Å². The number of aryl methyl sites for hydroxylation is 1. The summed E-state index contributed by atoms with van der Waals surface area (Å²) in [6.45, 7) is 1.79. The van der Waals surface area contributed by atoms with E-state index in [1.165, 1.54) is 60.7 Å². The number of hydrogen-bond acceptors (Lipinski definition) is 12. The summed E-state index contributed by atoms with van der Waals surface area (Å²) in [6, 6.07) is 37.1. The largest absolute Gasteiger partial charge is 0.467 e. The Kier molecular flexibility index (Phi) is 12.3. The zero-order chi connectivity index (χ0) is 39.7. The molecule has 0 N–H and O–H groups in total. The van der Waals surface area contributed by atoms with Crippen LogP contribution in [0, 0.1) is 6.92 Å². The average molecular weight is 778 g/mol. The molecular weight excluding hydrogens is 743 g/mol. The number of hydrogen-bond donors (Lipinski definition) is 0. The van der Waals surface area contributed by atoms with Gasteiger partial charge in [-0.1, -0.05) is 90.5 Å². The summed E-state index contributed by atoms with van der Waals surface area (Å²) in [5.41, 5.74) is 1.14. The van der Waals surface area contributed by atoms with Crippen LogP contribution in [0.5, 0.6) is 0 Å². The molecule has 56 heavy (non-hydrogen) atoms. The summed E-state index contributed by atoms with van der Waals surface area (Å²) in [5, 5.41) is 0. The van der Waals surface area contributed by atoms with Gasteiger partial charge in [-0.15, -0.1) is 4.40 Å². The molecule has 0 bridgehead atoms. The van der Waals surface area contributed by atoms with Crippen molar-refractivity contribution in [3.05, 3.63) is 173 Å². The number of benzene rings is 5. The molecule has 1 aliphatic heterocycles. The Balaban J connectivity index is 1.50. The van der Waals surface area contributed by atoms with Crippen molar-refractivity contribution in [1.29, 1.82) is 0 Å². The molecule has 1 saturated heterocycles. The van der Waals surface area contributed by atoms with Gasteiger partial charge >= 0.3 is 23.9 Å². The predicted octanol–water partition coefficient (Wildman–Crippen LogP) is 5.72. The Bertz CT molecular complexity index is 2290. The van der Waals surface area contributed by atoms with E-state index < -0.39 is 70.5 Å². The molecule has 0 amide bonds. The van der Waals surface area contributed by atoms with E-state index in [-0.39, 0.29) is 27.1 Å². The molecule has 1 fully saturated rings. The topological polar surface area (TPSA) is 170 Å². The van der Waals surface area contributed by atoms with Gasteiger partial charge in [-0.05, 0) is 67.6 Å². The lowest BCUT2D eigenvalue weighted by Crippen LogP contribution is -2.64. The number of esters is 4. The first-order valence-electron chi connectivity index (χ1n) is 17.2. The molecule has 14 heteroatoms. The molecule has 5 aromatic rings. The van der Waals surface area contributed by atoms with Crippen LogP contribution in [0.25, 0.3) is 0 Å². The molecule has 0 radical (unpaired) electrons. The number of rotatable bonds is 11. The van der Waals surface area contributed by atoms with Crippen molar-refractivity contribution >= 4 is 39.8 Å². The maximum atomic E-state index is 13.8. The molecule has 0 aliphatic carbocycles. The van der Waals surface area contributed by atoms with E-state index in [2.05, 4.69) is 4.40 Å². The minimum Gasteiger partial charge on any atom is -0.467 e. The van der Waals surface area contributed by atoms with Gasteiger partial charge in [-0.25, -0.2) is 19.2 Å². The third kappa shape index (κ3) is 9.35. The van der Waals surface area contributed by atoms with Crippen molar-refractivity contribution in [2.24, 2.45) is 4.40 Å². The first-order valence-corrected chi connectivity index (χ1v) is 18.6. The van der Waals surface area contributed by atoms with Crippen LogP contribution in [-0.4, -0.2) is 76.0 Å². The molecule has 5 atom stereocenters. The predicted molar refractivity (Wildman–Crippen MR) is 200 cm³/mol. The fourth-order valence-electron chi connectivity index (χ4n) is 5.60. The minimum absolute atomic E-state index is 0.0584. The Morgan fingerprint density at radius 3 is 1.39 bits per heavy atom. The summed E-state index contributed by atoms with van der Waals surface area (Å²) < 4.78 is 66.6. The fourth-order valence-corrected chi connectivity index (χ4v) is 6.55. The first-order chi connectivity index (χ1) is 27.0. The second-order valence-corrected chi connectivity index (χ2v) is 13.9. The number of methoxy groups -OCH3 is 1. The Morgan fingerprint density at radius 2 is 0.946 bits per heavy atom. The Hall–Kier alpha value is -6.64. The van der Waals surface area contributed by atoms with Gasteiger partial charge in [0.05, 0.1) is 28.7 Å². The molecule has 0 saturated carbocycles. The van der Waals surface area contributed by atoms with Crippen LogP contribution in [0.2, 0.25) is 0 Å². The van der Waals surface area contributed by atoms with E-state index in [0.29, 0.717) is 0 Å². The minimum atomic E-state index is -4.47. The van der Waals surface area contributed by atoms with Crippen molar-refractivity contribution in [3.63, 3.8) is 0 Å². The lowest BCUT2D eigenvalue weighted by atomic mass is 9.97. The van der Waals surface area contributed by atoms with Crippen LogP contribution in [0.4, 0.5) is 0 Å². The van der Waals surface area contributed by atoms with Crippen LogP contribution in [-0.2, 0) is 43.2 Å². The fraction of sp³-hybridized carbons (Fsp3) is 0.167. The highest BCUT2D eigenvalue weighted by Crippen LogP contribution is 2.33. The molecule has 286 valence electrons. The van der Waals surface area contributed by atoms with Gasteiger partial charge in [-0.3, -0.25) is 0 Å². The van der Waals surface area contributed by atoms with E-state index in [9.17, 15) is 27.6 Å². The van der Waals surface area contributed by atoms with E-state index >= 15 is 0 Å². The van der Waals surface area contributed by atoms with E-state index in [4.69, 9.17) is 28.4 Å². The molecule has 5 aromatic carbocycles. The van der Waals surface area contributed by atoms with Crippen molar-refractivity contribution in [2.75, 3.05) is 7.11 Å². The quantitative estimate of drug-likeness (QED) is 0.0693. The first kappa shape index (κ1) is 39.1. The zero-order valence-corrected chi connectivity index (χ0v) is 30.8. The van der Waals surface area contributed by atoms with Crippen molar-refractivity contribution in [1.82, 2.24) is 0 Å². The summed E-state index contributed by atoms with van der Waals surface area (Å²) in [7, 11) is -3.42. The van der Waals surface area contributed by atoms with Gasteiger partial charge in [0, 0.05) is 5.56 Å². The number of ether oxygens (including phenoxy) is 6. The van der Waals surface area contributed by atoms with Gasteiger partial charge in [0.2, 0.25) is 18.3 Å². The SMILES string of the molecule is COC(=O)C1O[C@H](O/C(=N\S(=O)(=O)c2ccc(C)cc2)c2ccccc2)C(OC(=O)c2ccccc2)C(OC(=O)c2ccccc2)[C@@H]1OC(=O)c1ccccc1. The van der Waals surface area contributed by atoms with Gasteiger partial charge in [0.15, 0.2) is 18.3 Å². The molecule has 6 rings (SSSR count). The lowest BCUT2D eigenvalue weighted by Gasteiger charge is -2.43. The lowest BCUT2D eigenvalue weighted by molar-refractivity contribution is -0.273. The monoisotopic (exact) mass is 777 g/mol. The van der Waals surface area contributed by atoms with Gasteiger partial charge in [-0.2, -0.15) is 8.42 Å². The van der Waals surface area contributed by atoms with Gasteiger partial charge in [0.1, 0.15) is 0 Å².